The van der Waals surface area contributed by atoms with Crippen molar-refractivity contribution >= 4 is 29.7 Å². The molecule has 1 aliphatic heterocycles. The van der Waals surface area contributed by atoms with Crippen LogP contribution in [0, 0.1) is 5.82 Å². The van der Waals surface area contributed by atoms with Gasteiger partial charge in [-0.2, -0.15) is 0 Å². The molecule has 3 rings (SSSR count). The van der Waals surface area contributed by atoms with E-state index < -0.39 is 0 Å². The number of amides is 1. The third-order valence-electron chi connectivity index (χ3n) is 4.94. The van der Waals surface area contributed by atoms with Gasteiger partial charge in [-0.15, -0.1) is 12.4 Å². The predicted molar refractivity (Wildman–Crippen MR) is 117 cm³/mol. The normalized spacial score (nSPS) is 15.3. The first kappa shape index (κ1) is 22.9. The number of carbonyl (C=O) groups excluding carboxylic acids is 1. The van der Waals surface area contributed by atoms with Crippen molar-refractivity contribution in [3.8, 4) is 5.75 Å². The van der Waals surface area contributed by atoms with Gasteiger partial charge in [-0.1, -0.05) is 0 Å². The van der Waals surface area contributed by atoms with E-state index in [0.717, 1.165) is 43.3 Å². The van der Waals surface area contributed by atoms with Crippen molar-refractivity contribution in [1.29, 1.82) is 0 Å². The third kappa shape index (κ3) is 6.32. The average molecular weight is 423 g/mol. The van der Waals surface area contributed by atoms with E-state index in [1.54, 1.807) is 12.1 Å². The molecule has 0 saturated carbocycles. The van der Waals surface area contributed by atoms with Crippen LogP contribution in [0.5, 0.6) is 5.75 Å². The molecule has 1 unspecified atom stereocenters. The fourth-order valence-corrected chi connectivity index (χ4v) is 3.24. The molecule has 1 aliphatic rings. The molecule has 0 spiro atoms. The molecule has 29 heavy (non-hydrogen) atoms. The van der Waals surface area contributed by atoms with Gasteiger partial charge in [0.05, 0.1) is 6.04 Å². The third-order valence-corrected chi connectivity index (χ3v) is 4.94. The van der Waals surface area contributed by atoms with Crippen LogP contribution < -0.4 is 20.7 Å². The highest BCUT2D eigenvalue weighted by Gasteiger charge is 2.25. The zero-order valence-electron chi connectivity index (χ0n) is 16.5. The molecular weight excluding hydrogens is 395 g/mol. The first-order valence-corrected chi connectivity index (χ1v) is 9.55. The Balaban J connectivity index is 0.00000300. The van der Waals surface area contributed by atoms with E-state index in [-0.39, 0.29) is 30.2 Å². The summed E-state index contributed by atoms with van der Waals surface area (Å²) in [5.41, 5.74) is 7.17. The lowest BCUT2D eigenvalue weighted by Crippen LogP contribution is -2.52. The molecule has 1 heterocycles. The first-order chi connectivity index (χ1) is 13.6. The number of rotatable bonds is 7. The maximum Gasteiger partial charge on any atom is 0.241 e. The Morgan fingerprint density at radius 1 is 1.10 bits per heavy atom. The second-order valence-electron chi connectivity index (χ2n) is 6.83. The van der Waals surface area contributed by atoms with Crippen molar-refractivity contribution in [2.45, 2.75) is 13.0 Å². The van der Waals surface area contributed by atoms with Crippen molar-refractivity contribution in [2.24, 2.45) is 5.73 Å². The summed E-state index contributed by atoms with van der Waals surface area (Å²) in [6, 6.07) is 13.6. The van der Waals surface area contributed by atoms with E-state index in [9.17, 15) is 9.18 Å². The van der Waals surface area contributed by atoms with E-state index >= 15 is 0 Å². The minimum Gasteiger partial charge on any atom is -0.492 e. The van der Waals surface area contributed by atoms with Crippen LogP contribution in [0.1, 0.15) is 6.92 Å². The summed E-state index contributed by atoms with van der Waals surface area (Å²) >= 11 is 0. The lowest BCUT2D eigenvalue weighted by Gasteiger charge is -2.38. The summed E-state index contributed by atoms with van der Waals surface area (Å²) in [4.78, 5) is 17.0. The molecule has 2 aromatic rings. The monoisotopic (exact) mass is 422 g/mol. The number of hydrogen-bond acceptors (Lipinski definition) is 5. The van der Waals surface area contributed by atoms with Gasteiger partial charge in [-0.3, -0.25) is 9.69 Å². The number of hydrogen-bond donors (Lipinski definition) is 2. The van der Waals surface area contributed by atoms with Crippen LogP contribution in [0.15, 0.2) is 48.5 Å². The van der Waals surface area contributed by atoms with Crippen LogP contribution in [0.3, 0.4) is 0 Å². The molecule has 1 saturated heterocycles. The van der Waals surface area contributed by atoms with Gasteiger partial charge in [-0.25, -0.2) is 4.39 Å². The van der Waals surface area contributed by atoms with E-state index in [4.69, 9.17) is 10.5 Å². The average Bonchev–Trinajstić information content (AvgIpc) is 2.73. The minimum atomic E-state index is -0.233. The van der Waals surface area contributed by atoms with Gasteiger partial charge >= 0.3 is 0 Å². The highest BCUT2D eigenvalue weighted by molar-refractivity contribution is 5.94. The van der Waals surface area contributed by atoms with Crippen molar-refractivity contribution in [1.82, 2.24) is 4.90 Å². The maximum absolute atomic E-state index is 13.1. The molecule has 0 aromatic heterocycles. The lowest BCUT2D eigenvalue weighted by molar-refractivity contribution is -0.120. The van der Waals surface area contributed by atoms with Gasteiger partial charge in [0.1, 0.15) is 18.2 Å². The molecule has 2 aromatic carbocycles. The number of piperazine rings is 1. The standard InChI is InChI=1S/C21H27FN4O2.ClH/c1-16(21(27)24-18-4-8-20(9-5-18)28-15-10-23)25-11-13-26(14-12-25)19-6-2-17(22)3-7-19;/h2-9,16H,10-15,23H2,1H3,(H,24,27);1H. The highest BCUT2D eigenvalue weighted by atomic mass is 35.5. The Hall–Kier alpha value is -2.35. The number of anilines is 2. The van der Waals surface area contributed by atoms with E-state index in [1.807, 2.05) is 31.2 Å². The summed E-state index contributed by atoms with van der Waals surface area (Å²) in [6.45, 7) is 6.00. The van der Waals surface area contributed by atoms with Crippen LogP contribution in [-0.2, 0) is 4.79 Å². The number of benzene rings is 2. The Kier molecular flexibility index (Phi) is 8.70. The van der Waals surface area contributed by atoms with Gasteiger partial charge in [0, 0.05) is 44.1 Å². The van der Waals surface area contributed by atoms with E-state index in [2.05, 4.69) is 15.1 Å². The molecule has 1 atom stereocenters. The molecule has 6 nitrogen and oxygen atoms in total. The number of nitrogens with one attached hydrogen (secondary N) is 1. The van der Waals surface area contributed by atoms with Gasteiger partial charge in [-0.05, 0) is 55.5 Å². The van der Waals surface area contributed by atoms with Gasteiger partial charge in [0.2, 0.25) is 5.91 Å². The Labute approximate surface area is 177 Å². The molecule has 3 N–H and O–H groups in total. The summed E-state index contributed by atoms with van der Waals surface area (Å²) < 4.78 is 18.5. The molecule has 0 radical (unpaired) electrons. The summed E-state index contributed by atoms with van der Waals surface area (Å²) in [5.74, 6) is 0.464. The SMILES string of the molecule is CC(C(=O)Nc1ccc(OCCN)cc1)N1CCN(c2ccc(F)cc2)CC1.Cl. The van der Waals surface area contributed by atoms with Gasteiger partial charge in [0.15, 0.2) is 0 Å². The summed E-state index contributed by atoms with van der Waals surface area (Å²) in [5, 5.41) is 2.96. The zero-order valence-corrected chi connectivity index (χ0v) is 17.3. The fraction of sp³-hybridized carbons (Fsp3) is 0.381. The van der Waals surface area contributed by atoms with Crippen LogP contribution in [-0.4, -0.2) is 56.2 Å². The number of nitrogens with two attached hydrogens (primary N) is 1. The molecule has 158 valence electrons. The number of nitrogens with zero attached hydrogens (tertiary/aromatic N) is 2. The van der Waals surface area contributed by atoms with Crippen molar-refractivity contribution < 1.29 is 13.9 Å². The van der Waals surface area contributed by atoms with Gasteiger partial charge < -0.3 is 20.7 Å². The van der Waals surface area contributed by atoms with Crippen LogP contribution in [0.25, 0.3) is 0 Å². The number of carbonyl (C=O) groups is 1. The smallest absolute Gasteiger partial charge is 0.241 e. The number of halogens is 2. The highest BCUT2D eigenvalue weighted by Crippen LogP contribution is 2.19. The molecule has 0 aliphatic carbocycles. The Morgan fingerprint density at radius 3 is 2.31 bits per heavy atom. The molecule has 1 fully saturated rings. The quantitative estimate of drug-likeness (QED) is 0.718. The molecular formula is C21H28ClFN4O2. The fourth-order valence-electron chi connectivity index (χ4n) is 3.24. The Bertz CT molecular complexity index is 765. The number of ether oxygens (including phenoxy) is 1. The lowest BCUT2D eigenvalue weighted by atomic mass is 10.2. The van der Waals surface area contributed by atoms with Gasteiger partial charge in [0.25, 0.3) is 0 Å². The molecule has 8 heteroatoms. The summed E-state index contributed by atoms with van der Waals surface area (Å²) in [7, 11) is 0. The predicted octanol–water partition coefficient (Wildman–Crippen LogP) is 2.73. The van der Waals surface area contributed by atoms with Crippen LogP contribution in [0.4, 0.5) is 15.8 Å². The van der Waals surface area contributed by atoms with E-state index in [1.165, 1.54) is 12.1 Å². The van der Waals surface area contributed by atoms with Crippen molar-refractivity contribution in [3.05, 3.63) is 54.3 Å². The second-order valence-corrected chi connectivity index (χ2v) is 6.83. The van der Waals surface area contributed by atoms with E-state index in [0.29, 0.717) is 13.2 Å². The molecule has 0 bridgehead atoms. The second kappa shape index (κ2) is 11.0. The molecule has 1 amide bonds. The minimum absolute atomic E-state index is 0. The van der Waals surface area contributed by atoms with Crippen molar-refractivity contribution in [2.75, 3.05) is 49.5 Å². The Morgan fingerprint density at radius 2 is 1.72 bits per heavy atom. The zero-order chi connectivity index (χ0) is 19.9. The van der Waals surface area contributed by atoms with Crippen LogP contribution in [0.2, 0.25) is 0 Å². The maximum atomic E-state index is 13.1. The largest absolute Gasteiger partial charge is 0.492 e. The first-order valence-electron chi connectivity index (χ1n) is 9.55. The topological polar surface area (TPSA) is 70.8 Å². The van der Waals surface area contributed by atoms with Crippen molar-refractivity contribution in [3.63, 3.8) is 0 Å². The summed E-state index contributed by atoms with van der Waals surface area (Å²) in [6.07, 6.45) is 0. The van der Waals surface area contributed by atoms with Crippen LogP contribution >= 0.6 is 12.4 Å².